The molecule has 5 heteroatoms. The van der Waals surface area contributed by atoms with Gasteiger partial charge < -0.3 is 5.11 Å². The van der Waals surface area contributed by atoms with E-state index in [9.17, 15) is 9.90 Å². The summed E-state index contributed by atoms with van der Waals surface area (Å²) in [6.45, 7) is 0.257. The Morgan fingerprint density at radius 3 is 2.93 bits per heavy atom. The van der Waals surface area contributed by atoms with Crippen LogP contribution in [0, 0.1) is 0 Å². The number of hydrogen-bond acceptors (Lipinski definition) is 3. The molecule has 1 aromatic carbocycles. The summed E-state index contributed by atoms with van der Waals surface area (Å²) in [5.74, 6) is -0.0593. The van der Waals surface area contributed by atoms with Crippen LogP contribution in [0.15, 0.2) is 29.4 Å². The monoisotopic (exact) mass is 203 g/mol. The fourth-order valence-corrected chi connectivity index (χ4v) is 1.04. The highest BCUT2D eigenvalue weighted by Crippen LogP contribution is 2.17. The van der Waals surface area contributed by atoms with Crippen LogP contribution in [0.25, 0.3) is 16.5 Å². The Morgan fingerprint density at radius 1 is 1.53 bits per heavy atom. The summed E-state index contributed by atoms with van der Waals surface area (Å²) in [5.41, 5.74) is 9.02. The minimum atomic E-state index is -0.0593. The van der Waals surface area contributed by atoms with E-state index in [1.54, 1.807) is 18.2 Å². The van der Waals surface area contributed by atoms with E-state index in [1.165, 1.54) is 12.1 Å². The standard InChI is InChI=1S/C10H9N3O2/c11-13-12-5-1-2-8-3-4-9(7-14)10(15)6-8/h1-4,6-7,15H,5H2. The lowest BCUT2D eigenvalue weighted by atomic mass is 10.1. The van der Waals surface area contributed by atoms with Crippen molar-refractivity contribution in [1.29, 1.82) is 0 Å². The Kier molecular flexibility index (Phi) is 3.94. The van der Waals surface area contributed by atoms with Gasteiger partial charge in [0.25, 0.3) is 0 Å². The molecule has 0 unspecified atom stereocenters. The topological polar surface area (TPSA) is 86.1 Å². The normalized spacial score (nSPS) is 9.87. The van der Waals surface area contributed by atoms with Crippen LogP contribution in [0.2, 0.25) is 0 Å². The summed E-state index contributed by atoms with van der Waals surface area (Å²) in [5, 5.41) is 12.7. The molecule has 1 N–H and O–H groups in total. The van der Waals surface area contributed by atoms with Gasteiger partial charge in [0.1, 0.15) is 5.75 Å². The molecule has 1 aromatic rings. The summed E-state index contributed by atoms with van der Waals surface area (Å²) < 4.78 is 0. The first-order chi connectivity index (χ1) is 7.27. The van der Waals surface area contributed by atoms with E-state index >= 15 is 0 Å². The van der Waals surface area contributed by atoms with Crippen LogP contribution in [0.3, 0.4) is 0 Å². The van der Waals surface area contributed by atoms with E-state index in [4.69, 9.17) is 5.53 Å². The van der Waals surface area contributed by atoms with Gasteiger partial charge >= 0.3 is 0 Å². The molecule has 0 saturated heterocycles. The average Bonchev–Trinajstić information content (AvgIpc) is 2.25. The van der Waals surface area contributed by atoms with Crippen molar-refractivity contribution in [2.24, 2.45) is 5.11 Å². The van der Waals surface area contributed by atoms with Gasteiger partial charge in [-0.05, 0) is 23.2 Å². The number of carbonyl (C=O) groups excluding carboxylic acids is 1. The molecule has 0 radical (unpaired) electrons. The molecule has 1 rings (SSSR count). The number of aromatic hydroxyl groups is 1. The van der Waals surface area contributed by atoms with Gasteiger partial charge in [-0.15, -0.1) is 0 Å². The average molecular weight is 203 g/mol. The Labute approximate surface area is 86.3 Å². The number of azide groups is 1. The Bertz CT molecular complexity index is 434. The maximum absolute atomic E-state index is 10.4. The van der Waals surface area contributed by atoms with Crippen molar-refractivity contribution in [3.8, 4) is 5.75 Å². The van der Waals surface area contributed by atoms with Crippen LogP contribution in [-0.4, -0.2) is 17.9 Å². The van der Waals surface area contributed by atoms with E-state index in [2.05, 4.69) is 10.0 Å². The molecule has 0 heterocycles. The molecule has 0 aromatic heterocycles. The summed E-state index contributed by atoms with van der Waals surface area (Å²) in [4.78, 5) is 13.0. The molecule has 76 valence electrons. The third-order valence-electron chi connectivity index (χ3n) is 1.74. The summed E-state index contributed by atoms with van der Waals surface area (Å²) >= 11 is 0. The maximum Gasteiger partial charge on any atom is 0.153 e. The molecule has 5 nitrogen and oxygen atoms in total. The quantitative estimate of drug-likeness (QED) is 0.353. The molecule has 0 fully saturated rings. The fraction of sp³-hybridized carbons (Fsp3) is 0.100. The van der Waals surface area contributed by atoms with Crippen molar-refractivity contribution >= 4 is 12.4 Å². The van der Waals surface area contributed by atoms with Gasteiger partial charge in [0, 0.05) is 11.5 Å². The Morgan fingerprint density at radius 2 is 2.33 bits per heavy atom. The van der Waals surface area contributed by atoms with Gasteiger partial charge in [-0.1, -0.05) is 23.3 Å². The summed E-state index contributed by atoms with van der Waals surface area (Å²) in [7, 11) is 0. The molecule has 15 heavy (non-hydrogen) atoms. The third kappa shape index (κ3) is 3.17. The first-order valence-electron chi connectivity index (χ1n) is 4.23. The molecule has 0 aliphatic rings. The molecular formula is C10H9N3O2. The van der Waals surface area contributed by atoms with Crippen molar-refractivity contribution in [2.45, 2.75) is 0 Å². The zero-order valence-electron chi connectivity index (χ0n) is 7.87. The molecule has 0 atom stereocenters. The van der Waals surface area contributed by atoms with Crippen LogP contribution in [0.4, 0.5) is 0 Å². The van der Waals surface area contributed by atoms with Crippen LogP contribution in [0.5, 0.6) is 5.75 Å². The summed E-state index contributed by atoms with van der Waals surface area (Å²) in [6, 6.07) is 4.68. The second kappa shape index (κ2) is 5.47. The SMILES string of the molecule is [N-]=[N+]=NCC=Cc1ccc(C=O)c(O)c1. The molecule has 0 bridgehead atoms. The molecule has 0 spiro atoms. The van der Waals surface area contributed by atoms with Crippen molar-refractivity contribution in [1.82, 2.24) is 0 Å². The first kappa shape index (κ1) is 10.8. The van der Waals surface area contributed by atoms with Crippen LogP contribution in [0.1, 0.15) is 15.9 Å². The predicted molar refractivity (Wildman–Crippen MR) is 56.5 cm³/mol. The smallest absolute Gasteiger partial charge is 0.153 e. The number of benzene rings is 1. The van der Waals surface area contributed by atoms with Gasteiger partial charge in [-0.2, -0.15) is 0 Å². The largest absolute Gasteiger partial charge is 0.507 e. The number of phenols is 1. The highest BCUT2D eigenvalue weighted by Gasteiger charge is 1.98. The van der Waals surface area contributed by atoms with Crippen molar-refractivity contribution < 1.29 is 9.90 Å². The Balaban J connectivity index is 2.79. The minimum Gasteiger partial charge on any atom is -0.507 e. The molecule has 0 amide bonds. The van der Waals surface area contributed by atoms with Gasteiger partial charge in [-0.25, -0.2) is 0 Å². The van der Waals surface area contributed by atoms with Gasteiger partial charge in [0.15, 0.2) is 6.29 Å². The van der Waals surface area contributed by atoms with Crippen molar-refractivity contribution in [3.05, 3.63) is 45.8 Å². The lowest BCUT2D eigenvalue weighted by Gasteiger charge is -1.98. The second-order valence-corrected chi connectivity index (χ2v) is 2.75. The van der Waals surface area contributed by atoms with Crippen LogP contribution >= 0.6 is 0 Å². The second-order valence-electron chi connectivity index (χ2n) is 2.75. The lowest BCUT2D eigenvalue weighted by Crippen LogP contribution is -1.82. The lowest BCUT2D eigenvalue weighted by molar-refractivity contribution is 0.112. The predicted octanol–water partition coefficient (Wildman–Crippen LogP) is 2.53. The van der Waals surface area contributed by atoms with E-state index < -0.39 is 0 Å². The molecule has 0 aliphatic heterocycles. The van der Waals surface area contributed by atoms with E-state index in [1.807, 2.05) is 0 Å². The Hall–Kier alpha value is -2.26. The highest BCUT2D eigenvalue weighted by atomic mass is 16.3. The summed E-state index contributed by atoms with van der Waals surface area (Å²) in [6.07, 6.45) is 3.95. The maximum atomic E-state index is 10.4. The van der Waals surface area contributed by atoms with Gasteiger partial charge in [0.05, 0.1) is 5.56 Å². The van der Waals surface area contributed by atoms with Gasteiger partial charge in [-0.3, -0.25) is 4.79 Å². The minimum absolute atomic E-state index is 0.0593. The number of rotatable bonds is 4. The van der Waals surface area contributed by atoms with Crippen LogP contribution < -0.4 is 0 Å². The number of aldehydes is 1. The van der Waals surface area contributed by atoms with Gasteiger partial charge in [0.2, 0.25) is 0 Å². The third-order valence-corrected chi connectivity index (χ3v) is 1.74. The van der Waals surface area contributed by atoms with E-state index in [0.29, 0.717) is 6.29 Å². The van der Waals surface area contributed by atoms with Crippen LogP contribution in [-0.2, 0) is 0 Å². The van der Waals surface area contributed by atoms with Crippen molar-refractivity contribution in [2.75, 3.05) is 6.54 Å². The fourth-order valence-electron chi connectivity index (χ4n) is 1.04. The number of hydrogen-bond donors (Lipinski definition) is 1. The first-order valence-corrected chi connectivity index (χ1v) is 4.23. The molecular weight excluding hydrogens is 194 g/mol. The number of phenolic OH excluding ortho intramolecular Hbond substituents is 1. The molecule has 0 aliphatic carbocycles. The van der Waals surface area contributed by atoms with Crippen molar-refractivity contribution in [3.63, 3.8) is 0 Å². The zero-order chi connectivity index (χ0) is 11.1. The zero-order valence-corrected chi connectivity index (χ0v) is 7.87. The number of carbonyl (C=O) groups is 1. The number of nitrogens with zero attached hydrogens (tertiary/aromatic N) is 3. The molecule has 0 saturated carbocycles. The highest BCUT2D eigenvalue weighted by molar-refractivity contribution is 5.79. The van der Waals surface area contributed by atoms with E-state index in [0.717, 1.165) is 5.56 Å². The van der Waals surface area contributed by atoms with E-state index in [-0.39, 0.29) is 17.9 Å².